The largest absolute Gasteiger partial charge is 0.343 e. The molecule has 110 valence electrons. The fraction of sp³-hybridized carbons (Fsp3) is 0.750. The van der Waals surface area contributed by atoms with Gasteiger partial charge >= 0.3 is 0 Å². The van der Waals surface area contributed by atoms with E-state index < -0.39 is 12.1 Å². The van der Waals surface area contributed by atoms with Crippen LogP contribution in [0.4, 0.5) is 0 Å². The zero-order chi connectivity index (χ0) is 14.9. The molecule has 1 aliphatic rings. The van der Waals surface area contributed by atoms with Gasteiger partial charge in [-0.25, -0.2) is 0 Å². The van der Waals surface area contributed by atoms with Crippen molar-refractivity contribution in [3.05, 3.63) is 5.82 Å². The molecule has 0 saturated carbocycles. The maximum atomic E-state index is 12.5. The van der Waals surface area contributed by atoms with Crippen LogP contribution < -0.4 is 5.32 Å². The lowest BCUT2D eigenvalue weighted by Crippen LogP contribution is -2.62. The van der Waals surface area contributed by atoms with Gasteiger partial charge in [0.1, 0.15) is 12.1 Å². The number of nitrogens with zero attached hydrogens (tertiary/aromatic N) is 5. The Morgan fingerprint density at radius 1 is 1.35 bits per heavy atom. The van der Waals surface area contributed by atoms with Gasteiger partial charge in [-0.1, -0.05) is 13.8 Å². The summed E-state index contributed by atoms with van der Waals surface area (Å²) in [6, 6.07) is -0.981. The lowest BCUT2D eigenvalue weighted by molar-refractivity contribution is -0.149. The molecule has 1 aromatic rings. The number of hydrogen-bond acceptors (Lipinski definition) is 5. The molecule has 0 radical (unpaired) electrons. The van der Waals surface area contributed by atoms with Crippen LogP contribution in [0.3, 0.4) is 0 Å². The standard InChI is InChI=1S/C12H20N6O2/c1-7(2)5-9-12(20)18(8(3)11(19)13-9)6-10-14-16-17(4)15-10/h7-9H,5-6H2,1-4H3,(H,13,19). The van der Waals surface area contributed by atoms with E-state index in [4.69, 9.17) is 0 Å². The van der Waals surface area contributed by atoms with Crippen LogP contribution in [0.15, 0.2) is 0 Å². The average Bonchev–Trinajstić information content (AvgIpc) is 2.77. The summed E-state index contributed by atoms with van der Waals surface area (Å²) in [5.41, 5.74) is 0. The predicted molar refractivity (Wildman–Crippen MR) is 70.2 cm³/mol. The SMILES string of the molecule is CC(C)CC1NC(=O)C(C)N(Cc2nnn(C)n2)C1=O. The maximum absolute atomic E-state index is 12.5. The molecule has 20 heavy (non-hydrogen) atoms. The van der Waals surface area contributed by atoms with E-state index >= 15 is 0 Å². The number of tetrazole rings is 1. The van der Waals surface area contributed by atoms with E-state index in [1.807, 2.05) is 13.8 Å². The Kier molecular flexibility index (Phi) is 4.01. The summed E-state index contributed by atoms with van der Waals surface area (Å²) < 4.78 is 0. The van der Waals surface area contributed by atoms with Gasteiger partial charge < -0.3 is 10.2 Å². The molecular weight excluding hydrogens is 260 g/mol. The van der Waals surface area contributed by atoms with Crippen molar-refractivity contribution >= 4 is 11.8 Å². The van der Waals surface area contributed by atoms with Crippen molar-refractivity contribution in [3.63, 3.8) is 0 Å². The van der Waals surface area contributed by atoms with Crippen molar-refractivity contribution in [2.24, 2.45) is 13.0 Å². The third kappa shape index (κ3) is 2.94. The lowest BCUT2D eigenvalue weighted by Gasteiger charge is -2.37. The first-order valence-corrected chi connectivity index (χ1v) is 6.72. The Morgan fingerprint density at radius 3 is 2.60 bits per heavy atom. The van der Waals surface area contributed by atoms with Gasteiger partial charge in [0.2, 0.25) is 11.8 Å². The fourth-order valence-electron chi connectivity index (χ4n) is 2.27. The van der Waals surface area contributed by atoms with E-state index in [2.05, 4.69) is 20.7 Å². The van der Waals surface area contributed by atoms with Crippen LogP contribution in [-0.4, -0.2) is 49.0 Å². The van der Waals surface area contributed by atoms with Crippen molar-refractivity contribution in [2.75, 3.05) is 0 Å². The molecule has 2 atom stereocenters. The summed E-state index contributed by atoms with van der Waals surface area (Å²) in [5, 5.41) is 14.4. The second kappa shape index (κ2) is 5.56. The number of carbonyl (C=O) groups excluding carboxylic acids is 2. The first-order valence-electron chi connectivity index (χ1n) is 6.72. The van der Waals surface area contributed by atoms with E-state index in [9.17, 15) is 9.59 Å². The first kappa shape index (κ1) is 14.4. The molecular formula is C12H20N6O2. The van der Waals surface area contributed by atoms with E-state index in [0.29, 0.717) is 18.2 Å². The van der Waals surface area contributed by atoms with Gasteiger partial charge in [-0.3, -0.25) is 9.59 Å². The van der Waals surface area contributed by atoms with Crippen LogP contribution in [0.5, 0.6) is 0 Å². The monoisotopic (exact) mass is 280 g/mol. The third-order valence-corrected chi connectivity index (χ3v) is 3.31. The minimum atomic E-state index is -0.519. The van der Waals surface area contributed by atoms with Crippen molar-refractivity contribution < 1.29 is 9.59 Å². The molecule has 8 heteroatoms. The highest BCUT2D eigenvalue weighted by Crippen LogP contribution is 2.17. The average molecular weight is 280 g/mol. The number of amides is 2. The topological polar surface area (TPSA) is 93.0 Å². The molecule has 0 spiro atoms. The van der Waals surface area contributed by atoms with Crippen LogP contribution in [0.1, 0.15) is 33.0 Å². The zero-order valence-electron chi connectivity index (χ0n) is 12.2. The molecule has 0 bridgehead atoms. The number of rotatable bonds is 4. The fourth-order valence-corrected chi connectivity index (χ4v) is 2.27. The highest BCUT2D eigenvalue weighted by atomic mass is 16.2. The Balaban J connectivity index is 2.15. The maximum Gasteiger partial charge on any atom is 0.246 e. The molecule has 2 rings (SSSR count). The minimum absolute atomic E-state index is 0.0850. The van der Waals surface area contributed by atoms with Gasteiger partial charge in [-0.2, -0.15) is 4.80 Å². The number of aromatic nitrogens is 4. The van der Waals surface area contributed by atoms with E-state index in [-0.39, 0.29) is 18.4 Å². The van der Waals surface area contributed by atoms with Crippen LogP contribution in [0.2, 0.25) is 0 Å². The summed E-state index contributed by atoms with van der Waals surface area (Å²) >= 11 is 0. The number of piperazine rings is 1. The van der Waals surface area contributed by atoms with E-state index in [1.165, 1.54) is 9.70 Å². The van der Waals surface area contributed by atoms with Crippen LogP contribution in [-0.2, 0) is 23.2 Å². The summed E-state index contributed by atoms with van der Waals surface area (Å²) in [6.07, 6.45) is 0.627. The molecule has 1 saturated heterocycles. The van der Waals surface area contributed by atoms with Gasteiger partial charge in [0.15, 0.2) is 5.82 Å². The molecule has 2 unspecified atom stereocenters. The van der Waals surface area contributed by atoms with Crippen molar-refractivity contribution in [2.45, 2.75) is 45.8 Å². The Hall–Kier alpha value is -1.99. The summed E-state index contributed by atoms with van der Waals surface area (Å²) in [7, 11) is 1.66. The van der Waals surface area contributed by atoms with Gasteiger partial charge in [-0.15, -0.1) is 10.2 Å². The molecule has 2 heterocycles. The molecule has 0 aromatic carbocycles. The van der Waals surface area contributed by atoms with Crippen LogP contribution >= 0.6 is 0 Å². The summed E-state index contributed by atoms with van der Waals surface area (Å²) in [6.45, 7) is 5.95. The molecule has 2 amide bonds. The van der Waals surface area contributed by atoms with Gasteiger partial charge in [-0.05, 0) is 24.5 Å². The summed E-state index contributed by atoms with van der Waals surface area (Å²) in [5.74, 6) is 0.539. The molecule has 0 aliphatic carbocycles. The Morgan fingerprint density at radius 2 is 2.05 bits per heavy atom. The van der Waals surface area contributed by atoms with E-state index in [0.717, 1.165) is 0 Å². The minimum Gasteiger partial charge on any atom is -0.343 e. The molecule has 1 N–H and O–H groups in total. The number of nitrogens with one attached hydrogen (secondary N) is 1. The van der Waals surface area contributed by atoms with Gasteiger partial charge in [0.05, 0.1) is 13.6 Å². The third-order valence-electron chi connectivity index (χ3n) is 3.31. The van der Waals surface area contributed by atoms with E-state index in [1.54, 1.807) is 14.0 Å². The first-order chi connectivity index (χ1) is 9.38. The normalized spacial score (nSPS) is 23.4. The smallest absolute Gasteiger partial charge is 0.246 e. The molecule has 8 nitrogen and oxygen atoms in total. The van der Waals surface area contributed by atoms with Crippen molar-refractivity contribution in [3.8, 4) is 0 Å². The lowest BCUT2D eigenvalue weighted by atomic mass is 9.99. The molecule has 1 fully saturated rings. The predicted octanol–water partition coefficient (Wildman–Crippen LogP) is -0.528. The quantitative estimate of drug-likeness (QED) is 0.800. The summed E-state index contributed by atoms with van der Waals surface area (Å²) in [4.78, 5) is 27.3. The Bertz CT molecular complexity index is 512. The highest BCUT2D eigenvalue weighted by Gasteiger charge is 2.38. The molecule has 1 aromatic heterocycles. The van der Waals surface area contributed by atoms with Crippen LogP contribution in [0, 0.1) is 5.92 Å². The highest BCUT2D eigenvalue weighted by molar-refractivity contribution is 5.96. The second-order valence-electron chi connectivity index (χ2n) is 5.53. The second-order valence-corrected chi connectivity index (χ2v) is 5.53. The number of aryl methyl sites for hydroxylation is 1. The number of hydrogen-bond donors (Lipinski definition) is 1. The van der Waals surface area contributed by atoms with Gasteiger partial charge in [0.25, 0.3) is 0 Å². The van der Waals surface area contributed by atoms with Gasteiger partial charge in [0, 0.05) is 0 Å². The zero-order valence-corrected chi connectivity index (χ0v) is 12.2. The van der Waals surface area contributed by atoms with Crippen molar-refractivity contribution in [1.29, 1.82) is 0 Å². The Labute approximate surface area is 117 Å². The number of carbonyl (C=O) groups is 2. The van der Waals surface area contributed by atoms with Crippen molar-refractivity contribution in [1.82, 2.24) is 30.4 Å². The van der Waals surface area contributed by atoms with Crippen LogP contribution in [0.25, 0.3) is 0 Å². The molecule has 1 aliphatic heterocycles.